The Morgan fingerprint density at radius 1 is 1.35 bits per heavy atom. The molecule has 0 bridgehead atoms. The molecule has 26 heavy (non-hydrogen) atoms. The van der Waals surface area contributed by atoms with Gasteiger partial charge in [0.2, 0.25) is 0 Å². The second kappa shape index (κ2) is 8.56. The summed E-state index contributed by atoms with van der Waals surface area (Å²) in [5.41, 5.74) is -0.421. The van der Waals surface area contributed by atoms with Gasteiger partial charge in [0, 0.05) is 44.4 Å². The summed E-state index contributed by atoms with van der Waals surface area (Å²) >= 11 is 1.85. The molecule has 2 heterocycles. The number of aromatic hydroxyl groups is 1. The molecule has 0 aromatic carbocycles. The third kappa shape index (κ3) is 4.14. The van der Waals surface area contributed by atoms with Crippen molar-refractivity contribution in [3.63, 3.8) is 0 Å². The topological polar surface area (TPSA) is 81.1 Å². The maximum atomic E-state index is 13.0. The Kier molecular flexibility index (Phi) is 6.39. The molecule has 1 saturated carbocycles. The average molecular weight is 382 g/mol. The first-order chi connectivity index (χ1) is 12.6. The van der Waals surface area contributed by atoms with E-state index in [1.54, 1.807) is 18.1 Å². The predicted octanol–water partition coefficient (Wildman–Crippen LogP) is 1.65. The van der Waals surface area contributed by atoms with Crippen LogP contribution in [-0.2, 0) is 25.4 Å². The van der Waals surface area contributed by atoms with Gasteiger partial charge in [0.25, 0.3) is 5.91 Å². The molecule has 7 nitrogen and oxygen atoms in total. The summed E-state index contributed by atoms with van der Waals surface area (Å²) in [4.78, 5) is 18.9. The number of rotatable bonds is 11. The van der Waals surface area contributed by atoms with Gasteiger partial charge < -0.3 is 24.2 Å². The van der Waals surface area contributed by atoms with Crippen LogP contribution in [0.1, 0.15) is 18.5 Å². The molecule has 1 aliphatic carbocycles. The number of amides is 1. The van der Waals surface area contributed by atoms with Crippen molar-refractivity contribution in [2.75, 3.05) is 39.2 Å². The summed E-state index contributed by atoms with van der Waals surface area (Å²) in [5, 5.41) is 9.73. The Balaban J connectivity index is 1.78. The Labute approximate surface area is 158 Å². The largest absolute Gasteiger partial charge is 0.508 e. The molecule has 2 fully saturated rings. The second-order valence-electron chi connectivity index (χ2n) is 6.81. The van der Waals surface area contributed by atoms with E-state index in [-0.39, 0.29) is 31.2 Å². The van der Waals surface area contributed by atoms with Gasteiger partial charge in [0.05, 0.1) is 6.04 Å². The lowest BCUT2D eigenvalue weighted by Crippen LogP contribution is -2.77. The predicted molar refractivity (Wildman–Crippen MR) is 97.9 cm³/mol. The molecular formula is C18H26N2O5S. The Bertz CT molecular complexity index is 627. The minimum Gasteiger partial charge on any atom is -0.508 e. The minimum atomic E-state index is -1.04. The van der Waals surface area contributed by atoms with Crippen LogP contribution < -0.4 is 0 Å². The number of thioether (sulfide) groups is 1. The van der Waals surface area contributed by atoms with Crippen LogP contribution in [0.5, 0.6) is 5.75 Å². The maximum absolute atomic E-state index is 13.0. The van der Waals surface area contributed by atoms with E-state index in [0.717, 1.165) is 17.4 Å². The van der Waals surface area contributed by atoms with E-state index in [1.165, 1.54) is 32.2 Å². The SMILES string of the molecule is COCO[C@@]1(Cc2cc(O)ccn2)C(=O)N(COC)[C@H]1CSCC1CC1. The van der Waals surface area contributed by atoms with Crippen molar-refractivity contribution in [3.8, 4) is 5.75 Å². The fraction of sp³-hybridized carbons (Fsp3) is 0.667. The highest BCUT2D eigenvalue weighted by atomic mass is 32.2. The Hall–Kier alpha value is -1.35. The summed E-state index contributed by atoms with van der Waals surface area (Å²) in [6, 6.07) is 2.95. The van der Waals surface area contributed by atoms with Gasteiger partial charge in [0.1, 0.15) is 19.3 Å². The van der Waals surface area contributed by atoms with Crippen molar-refractivity contribution in [3.05, 3.63) is 24.0 Å². The fourth-order valence-corrected chi connectivity index (χ4v) is 4.73. The van der Waals surface area contributed by atoms with Crippen LogP contribution in [0.3, 0.4) is 0 Å². The molecular weight excluding hydrogens is 356 g/mol. The molecule has 1 amide bonds. The number of hydrogen-bond acceptors (Lipinski definition) is 7. The lowest BCUT2D eigenvalue weighted by Gasteiger charge is -2.54. The number of pyridine rings is 1. The molecule has 1 aliphatic heterocycles. The molecule has 1 N–H and O–H groups in total. The van der Waals surface area contributed by atoms with E-state index in [4.69, 9.17) is 14.2 Å². The fourth-order valence-electron chi connectivity index (χ4n) is 3.25. The van der Waals surface area contributed by atoms with E-state index >= 15 is 0 Å². The number of methoxy groups -OCH3 is 2. The van der Waals surface area contributed by atoms with Crippen LogP contribution in [-0.4, -0.2) is 71.8 Å². The van der Waals surface area contributed by atoms with E-state index in [9.17, 15) is 9.90 Å². The zero-order valence-electron chi connectivity index (χ0n) is 15.2. The Morgan fingerprint density at radius 3 is 2.81 bits per heavy atom. The van der Waals surface area contributed by atoms with Gasteiger partial charge >= 0.3 is 0 Å². The third-order valence-electron chi connectivity index (χ3n) is 4.81. The van der Waals surface area contributed by atoms with Crippen molar-refractivity contribution in [2.24, 2.45) is 5.92 Å². The highest BCUT2D eigenvalue weighted by molar-refractivity contribution is 7.99. The number of likely N-dealkylation sites (tertiary alicyclic amines) is 1. The molecule has 2 atom stereocenters. The smallest absolute Gasteiger partial charge is 0.259 e. The van der Waals surface area contributed by atoms with Gasteiger partial charge in [-0.15, -0.1) is 0 Å². The molecule has 144 valence electrons. The van der Waals surface area contributed by atoms with Gasteiger partial charge in [-0.3, -0.25) is 9.78 Å². The van der Waals surface area contributed by atoms with E-state index in [1.807, 2.05) is 11.8 Å². The van der Waals surface area contributed by atoms with Crippen molar-refractivity contribution >= 4 is 17.7 Å². The molecule has 1 aromatic rings. The van der Waals surface area contributed by atoms with Gasteiger partial charge in [-0.25, -0.2) is 0 Å². The number of β-lactam (4-membered cyclic amide) rings is 1. The van der Waals surface area contributed by atoms with Gasteiger partial charge in [0.15, 0.2) is 5.60 Å². The molecule has 3 rings (SSSR count). The summed E-state index contributed by atoms with van der Waals surface area (Å²) < 4.78 is 16.2. The van der Waals surface area contributed by atoms with Crippen molar-refractivity contribution in [2.45, 2.75) is 30.9 Å². The van der Waals surface area contributed by atoms with Gasteiger partial charge in [-0.2, -0.15) is 11.8 Å². The number of aromatic nitrogens is 1. The number of nitrogens with zero attached hydrogens (tertiary/aromatic N) is 2. The zero-order valence-corrected chi connectivity index (χ0v) is 16.0. The number of ether oxygens (including phenoxy) is 3. The van der Waals surface area contributed by atoms with Crippen LogP contribution in [0.15, 0.2) is 18.3 Å². The van der Waals surface area contributed by atoms with Gasteiger partial charge in [-0.05, 0) is 30.6 Å². The standard InChI is InChI=1S/C18H26N2O5S/c1-23-11-20-16(10-26-9-13-3-4-13)18(17(20)22,25-12-24-2)8-14-7-15(21)5-6-19-14/h5-7,13,16H,3-4,8-12H2,1-2H3,(H,19,21)/t16-,18+/m0/s1. The lowest BCUT2D eigenvalue weighted by molar-refractivity contribution is -0.229. The summed E-state index contributed by atoms with van der Waals surface area (Å²) in [5.74, 6) is 2.69. The average Bonchev–Trinajstić information content (AvgIpc) is 3.45. The quantitative estimate of drug-likeness (QED) is 0.460. The molecule has 0 unspecified atom stereocenters. The lowest BCUT2D eigenvalue weighted by atomic mass is 9.79. The van der Waals surface area contributed by atoms with Gasteiger partial charge in [-0.1, -0.05) is 0 Å². The molecule has 8 heteroatoms. The van der Waals surface area contributed by atoms with Crippen molar-refractivity contribution < 1.29 is 24.1 Å². The zero-order chi connectivity index (χ0) is 18.6. The number of carbonyl (C=O) groups is 1. The first-order valence-corrected chi connectivity index (χ1v) is 9.90. The maximum Gasteiger partial charge on any atom is 0.259 e. The Morgan fingerprint density at radius 2 is 2.15 bits per heavy atom. The van der Waals surface area contributed by atoms with E-state index in [0.29, 0.717) is 12.1 Å². The van der Waals surface area contributed by atoms with Crippen molar-refractivity contribution in [1.82, 2.24) is 9.88 Å². The molecule has 1 aromatic heterocycles. The summed E-state index contributed by atoms with van der Waals surface area (Å²) in [6.07, 6.45) is 4.42. The normalized spacial score (nSPS) is 25.4. The number of carbonyl (C=O) groups excluding carboxylic acids is 1. The third-order valence-corrected chi connectivity index (χ3v) is 6.07. The summed E-state index contributed by atoms with van der Waals surface area (Å²) in [7, 11) is 3.11. The van der Waals surface area contributed by atoms with Crippen LogP contribution in [0, 0.1) is 5.92 Å². The van der Waals surface area contributed by atoms with E-state index in [2.05, 4.69) is 4.98 Å². The van der Waals surface area contributed by atoms with E-state index < -0.39 is 5.60 Å². The van der Waals surface area contributed by atoms with Crippen LogP contribution in [0.2, 0.25) is 0 Å². The first kappa shape index (κ1) is 19.4. The minimum absolute atomic E-state index is 0.0230. The second-order valence-corrected chi connectivity index (χ2v) is 7.89. The van der Waals surface area contributed by atoms with Crippen LogP contribution in [0.25, 0.3) is 0 Å². The highest BCUT2D eigenvalue weighted by Crippen LogP contribution is 2.41. The van der Waals surface area contributed by atoms with Crippen molar-refractivity contribution in [1.29, 1.82) is 0 Å². The highest BCUT2D eigenvalue weighted by Gasteiger charge is 2.62. The van der Waals surface area contributed by atoms with Crippen LogP contribution >= 0.6 is 11.8 Å². The molecule has 1 saturated heterocycles. The summed E-state index contributed by atoms with van der Waals surface area (Å²) in [6.45, 7) is 0.258. The molecule has 0 radical (unpaired) electrons. The molecule has 0 spiro atoms. The first-order valence-electron chi connectivity index (χ1n) is 8.75. The molecule has 2 aliphatic rings. The van der Waals surface area contributed by atoms with Crippen LogP contribution in [0.4, 0.5) is 0 Å². The number of hydrogen-bond donors (Lipinski definition) is 1. The monoisotopic (exact) mass is 382 g/mol.